The summed E-state index contributed by atoms with van der Waals surface area (Å²) >= 11 is 1.69. The first-order valence-electron chi connectivity index (χ1n) is 11.9. The van der Waals surface area contributed by atoms with Gasteiger partial charge in [-0.25, -0.2) is 9.97 Å². The van der Waals surface area contributed by atoms with E-state index in [1.807, 2.05) is 49.8 Å². The van der Waals surface area contributed by atoms with E-state index in [-0.39, 0.29) is 0 Å². The van der Waals surface area contributed by atoms with Crippen molar-refractivity contribution in [2.75, 3.05) is 50.5 Å². The molecule has 1 aliphatic rings. The first kappa shape index (κ1) is 25.0. The molecule has 1 aliphatic heterocycles. The Balaban J connectivity index is 1.49. The number of aromatic nitrogens is 2. The largest absolute Gasteiger partial charge is 0.485 e. The zero-order chi connectivity index (χ0) is 24.8. The number of aliphatic hydroxyl groups is 1. The lowest BCUT2D eigenvalue weighted by Gasteiger charge is -2.19. The van der Waals surface area contributed by atoms with Gasteiger partial charge in [-0.2, -0.15) is 0 Å². The smallest absolute Gasteiger partial charge is 0.185 e. The first-order valence-corrected chi connectivity index (χ1v) is 12.7. The van der Waals surface area contributed by atoms with E-state index in [9.17, 15) is 5.11 Å². The van der Waals surface area contributed by atoms with Crippen molar-refractivity contribution in [3.8, 4) is 28.0 Å². The number of nitrogens with one attached hydrogen (secondary N) is 1. The molecular formula is C27H33N5O2S. The van der Waals surface area contributed by atoms with E-state index in [2.05, 4.69) is 39.0 Å². The first-order chi connectivity index (χ1) is 16.8. The van der Waals surface area contributed by atoms with Gasteiger partial charge in [-0.1, -0.05) is 35.3 Å². The van der Waals surface area contributed by atoms with Gasteiger partial charge < -0.3 is 25.0 Å². The lowest BCUT2D eigenvalue weighted by Crippen LogP contribution is -2.28. The Labute approximate surface area is 211 Å². The number of anilines is 2. The molecule has 7 nitrogen and oxygen atoms in total. The number of thiazole rings is 1. The molecule has 184 valence electrons. The molecular weight excluding hydrogens is 458 g/mol. The number of rotatable bonds is 6. The van der Waals surface area contributed by atoms with Crippen molar-refractivity contribution < 1.29 is 9.84 Å². The van der Waals surface area contributed by atoms with Gasteiger partial charge in [-0.15, -0.1) is 0 Å². The average Bonchev–Trinajstić information content (AvgIpc) is 3.23. The molecule has 0 spiro atoms. The number of hydrogen-bond donors (Lipinski definition) is 2. The van der Waals surface area contributed by atoms with Crippen molar-refractivity contribution in [3.05, 3.63) is 53.9 Å². The predicted molar refractivity (Wildman–Crippen MR) is 143 cm³/mol. The van der Waals surface area contributed by atoms with Gasteiger partial charge in [-0.05, 0) is 57.6 Å². The molecule has 8 heteroatoms. The van der Waals surface area contributed by atoms with Crippen molar-refractivity contribution in [1.82, 2.24) is 14.9 Å². The highest BCUT2D eigenvalue weighted by Gasteiger charge is 2.17. The van der Waals surface area contributed by atoms with E-state index in [1.54, 1.807) is 25.2 Å². The Hall–Kier alpha value is -3.12. The zero-order valence-electron chi connectivity index (χ0n) is 20.8. The normalized spacial score (nSPS) is 14.7. The molecule has 3 heterocycles. The van der Waals surface area contributed by atoms with Gasteiger partial charge in [0.1, 0.15) is 12.2 Å². The van der Waals surface area contributed by atoms with Crippen molar-refractivity contribution in [1.29, 1.82) is 0 Å². The van der Waals surface area contributed by atoms with Crippen molar-refractivity contribution in [2.45, 2.75) is 32.5 Å². The molecule has 0 bridgehead atoms. The molecule has 1 fully saturated rings. The SMILES string of the molecule is CNc1ncc(-c2cnc(N3CCCN(C)CC3)s2)cc1OCc1cccc(C#CC(C)(C)O)c1. The average molecular weight is 492 g/mol. The third-order valence-electron chi connectivity index (χ3n) is 5.69. The molecule has 0 aliphatic carbocycles. The van der Waals surface area contributed by atoms with E-state index in [4.69, 9.17) is 9.72 Å². The maximum atomic E-state index is 9.86. The van der Waals surface area contributed by atoms with E-state index < -0.39 is 5.60 Å². The number of pyridine rings is 1. The quantitative estimate of drug-likeness (QED) is 0.503. The highest BCUT2D eigenvalue weighted by molar-refractivity contribution is 7.18. The van der Waals surface area contributed by atoms with Gasteiger partial charge in [0.25, 0.3) is 0 Å². The number of ether oxygens (including phenoxy) is 1. The fourth-order valence-corrected chi connectivity index (χ4v) is 4.73. The Kier molecular flexibility index (Phi) is 7.91. The summed E-state index contributed by atoms with van der Waals surface area (Å²) in [6.45, 7) is 7.92. The third kappa shape index (κ3) is 6.95. The fraction of sp³-hybridized carbons (Fsp3) is 0.407. The minimum Gasteiger partial charge on any atom is -0.485 e. The summed E-state index contributed by atoms with van der Waals surface area (Å²) in [5.41, 5.74) is 1.79. The molecule has 1 saturated heterocycles. The molecule has 0 radical (unpaired) electrons. The van der Waals surface area contributed by atoms with Gasteiger partial charge in [0, 0.05) is 50.2 Å². The van der Waals surface area contributed by atoms with Crippen molar-refractivity contribution in [2.24, 2.45) is 0 Å². The summed E-state index contributed by atoms with van der Waals surface area (Å²) in [7, 11) is 4.01. The lowest BCUT2D eigenvalue weighted by atomic mass is 10.1. The zero-order valence-corrected chi connectivity index (χ0v) is 21.7. The Bertz CT molecular complexity index is 1210. The number of hydrogen-bond acceptors (Lipinski definition) is 8. The van der Waals surface area contributed by atoms with Gasteiger partial charge in [0.2, 0.25) is 0 Å². The van der Waals surface area contributed by atoms with Crippen LogP contribution < -0.4 is 15.0 Å². The third-order valence-corrected chi connectivity index (χ3v) is 6.80. The molecule has 0 saturated carbocycles. The Morgan fingerprint density at radius 2 is 2.00 bits per heavy atom. The van der Waals surface area contributed by atoms with Crippen LogP contribution in [0.1, 0.15) is 31.4 Å². The maximum absolute atomic E-state index is 9.86. The second-order valence-corrected chi connectivity index (χ2v) is 10.3. The number of nitrogens with zero attached hydrogens (tertiary/aromatic N) is 4. The minimum atomic E-state index is -1.03. The maximum Gasteiger partial charge on any atom is 0.185 e. The van der Waals surface area contributed by atoms with Crippen LogP contribution in [-0.2, 0) is 6.61 Å². The van der Waals surface area contributed by atoms with Crippen molar-refractivity contribution >= 4 is 22.3 Å². The van der Waals surface area contributed by atoms with Crippen LogP contribution in [0.15, 0.2) is 42.7 Å². The molecule has 2 aromatic heterocycles. The van der Waals surface area contributed by atoms with Gasteiger partial charge in [-0.3, -0.25) is 0 Å². The molecule has 0 unspecified atom stereocenters. The van der Waals surface area contributed by atoms with Crippen LogP contribution in [0.5, 0.6) is 5.75 Å². The topological polar surface area (TPSA) is 73.8 Å². The van der Waals surface area contributed by atoms with Gasteiger partial charge in [0.15, 0.2) is 16.7 Å². The minimum absolute atomic E-state index is 0.382. The molecule has 0 atom stereocenters. The van der Waals surface area contributed by atoms with E-state index in [1.165, 1.54) is 0 Å². The fourth-order valence-electron chi connectivity index (χ4n) is 3.78. The summed E-state index contributed by atoms with van der Waals surface area (Å²) in [6, 6.07) is 9.86. The summed E-state index contributed by atoms with van der Waals surface area (Å²) < 4.78 is 6.17. The van der Waals surface area contributed by atoms with Crippen LogP contribution in [0.25, 0.3) is 10.4 Å². The second-order valence-electron chi connectivity index (χ2n) is 9.27. The van der Waals surface area contributed by atoms with Crippen LogP contribution in [0.4, 0.5) is 10.9 Å². The monoisotopic (exact) mass is 491 g/mol. The Morgan fingerprint density at radius 1 is 1.14 bits per heavy atom. The summed E-state index contributed by atoms with van der Waals surface area (Å²) in [4.78, 5) is 15.1. The molecule has 35 heavy (non-hydrogen) atoms. The van der Waals surface area contributed by atoms with Gasteiger partial charge >= 0.3 is 0 Å². The second kappa shape index (κ2) is 11.1. The molecule has 1 aromatic carbocycles. The summed E-state index contributed by atoms with van der Waals surface area (Å²) in [6.07, 6.45) is 4.94. The van der Waals surface area contributed by atoms with Crippen LogP contribution in [0.3, 0.4) is 0 Å². The van der Waals surface area contributed by atoms with Crippen LogP contribution in [0, 0.1) is 11.8 Å². The molecule has 3 aromatic rings. The van der Waals surface area contributed by atoms with E-state index >= 15 is 0 Å². The van der Waals surface area contributed by atoms with Crippen LogP contribution in [-0.4, -0.2) is 65.8 Å². The van der Waals surface area contributed by atoms with E-state index in [0.29, 0.717) is 18.2 Å². The summed E-state index contributed by atoms with van der Waals surface area (Å²) in [5, 5.41) is 14.0. The van der Waals surface area contributed by atoms with E-state index in [0.717, 1.165) is 59.3 Å². The van der Waals surface area contributed by atoms with Gasteiger partial charge in [0.05, 0.1) is 4.88 Å². The molecule has 4 rings (SSSR count). The van der Waals surface area contributed by atoms with Crippen LogP contribution in [0.2, 0.25) is 0 Å². The van der Waals surface area contributed by atoms with Crippen LogP contribution >= 0.6 is 11.3 Å². The molecule has 2 N–H and O–H groups in total. The van der Waals surface area contributed by atoms with Crippen molar-refractivity contribution in [3.63, 3.8) is 0 Å². The molecule has 0 amide bonds. The lowest BCUT2D eigenvalue weighted by molar-refractivity contribution is 0.143. The number of benzene rings is 1. The number of likely N-dealkylation sites (N-methyl/N-ethyl adjacent to an activating group) is 1. The highest BCUT2D eigenvalue weighted by atomic mass is 32.1. The standard InChI is InChI=1S/C27H33N5O2S/c1-27(2,33)10-9-20-7-5-8-21(15-20)19-34-23-16-22(17-29-25(23)28-3)24-18-30-26(35-24)32-12-6-11-31(4)13-14-32/h5,7-8,15-18,33H,6,11-14,19H2,1-4H3,(H,28,29). The highest BCUT2D eigenvalue weighted by Crippen LogP contribution is 2.35. The summed E-state index contributed by atoms with van der Waals surface area (Å²) in [5.74, 6) is 7.24. The Morgan fingerprint density at radius 3 is 2.80 bits per heavy atom. The predicted octanol–water partition coefficient (Wildman–Crippen LogP) is 4.09.